The molecule has 0 radical (unpaired) electrons. The zero-order chi connectivity index (χ0) is 14.4. The number of rotatable bonds is 7. The van der Waals surface area contributed by atoms with E-state index in [0.717, 1.165) is 30.8 Å². The van der Waals surface area contributed by atoms with Gasteiger partial charge in [0.1, 0.15) is 11.5 Å². The quantitative estimate of drug-likeness (QED) is 0.753. The molecule has 0 aliphatic carbocycles. The zero-order valence-electron chi connectivity index (χ0n) is 12.0. The molecule has 6 nitrogen and oxygen atoms in total. The van der Waals surface area contributed by atoms with Crippen LogP contribution in [0.5, 0.6) is 0 Å². The summed E-state index contributed by atoms with van der Waals surface area (Å²) in [6.07, 6.45) is 6.08. The third kappa shape index (κ3) is 3.46. The van der Waals surface area contributed by atoms with E-state index in [0.29, 0.717) is 18.8 Å². The number of amides is 1. The molecule has 2 rings (SSSR count). The summed E-state index contributed by atoms with van der Waals surface area (Å²) in [6, 6.07) is 1.87. The standard InChI is InChI=1S/C14H21N5O/c1-3-11-10-12(19(4-2)18-11)14(20)17-7-5-6-13-15-8-9-16-13/h8-10H,3-7H2,1-2H3,(H,15,16)(H,17,20). The second-order valence-corrected chi connectivity index (χ2v) is 4.59. The number of nitrogens with one attached hydrogen (secondary N) is 2. The van der Waals surface area contributed by atoms with Gasteiger partial charge in [0.25, 0.3) is 5.91 Å². The number of hydrogen-bond donors (Lipinski definition) is 2. The van der Waals surface area contributed by atoms with Crippen molar-refractivity contribution in [2.24, 2.45) is 0 Å². The highest BCUT2D eigenvalue weighted by Gasteiger charge is 2.13. The van der Waals surface area contributed by atoms with Crippen molar-refractivity contribution in [3.05, 3.63) is 35.7 Å². The maximum Gasteiger partial charge on any atom is 0.269 e. The number of aromatic amines is 1. The van der Waals surface area contributed by atoms with E-state index in [1.165, 1.54) is 0 Å². The fraction of sp³-hybridized carbons (Fsp3) is 0.500. The van der Waals surface area contributed by atoms with Gasteiger partial charge in [0, 0.05) is 31.9 Å². The van der Waals surface area contributed by atoms with Crippen LogP contribution in [0, 0.1) is 0 Å². The van der Waals surface area contributed by atoms with Crippen LogP contribution >= 0.6 is 0 Å². The van der Waals surface area contributed by atoms with Gasteiger partial charge in [0.2, 0.25) is 0 Å². The number of imidazole rings is 1. The molecule has 6 heteroatoms. The Hall–Kier alpha value is -2.11. The maximum atomic E-state index is 12.1. The molecular weight excluding hydrogens is 254 g/mol. The van der Waals surface area contributed by atoms with Gasteiger partial charge in [-0.1, -0.05) is 6.92 Å². The van der Waals surface area contributed by atoms with E-state index in [-0.39, 0.29) is 5.91 Å². The van der Waals surface area contributed by atoms with Gasteiger partial charge in [-0.05, 0) is 25.8 Å². The highest BCUT2D eigenvalue weighted by molar-refractivity contribution is 5.92. The first kappa shape index (κ1) is 14.3. The van der Waals surface area contributed by atoms with Crippen molar-refractivity contribution in [2.75, 3.05) is 6.54 Å². The monoisotopic (exact) mass is 275 g/mol. The molecule has 0 fully saturated rings. The summed E-state index contributed by atoms with van der Waals surface area (Å²) in [6.45, 7) is 5.36. The summed E-state index contributed by atoms with van der Waals surface area (Å²) in [4.78, 5) is 19.3. The summed E-state index contributed by atoms with van der Waals surface area (Å²) in [7, 11) is 0. The van der Waals surface area contributed by atoms with E-state index in [2.05, 4.69) is 20.4 Å². The molecule has 0 bridgehead atoms. The van der Waals surface area contributed by atoms with Gasteiger partial charge < -0.3 is 10.3 Å². The lowest BCUT2D eigenvalue weighted by molar-refractivity contribution is 0.0942. The van der Waals surface area contributed by atoms with Gasteiger partial charge in [-0.15, -0.1) is 0 Å². The number of hydrogen-bond acceptors (Lipinski definition) is 3. The lowest BCUT2D eigenvalue weighted by atomic mass is 10.2. The van der Waals surface area contributed by atoms with E-state index >= 15 is 0 Å². The Labute approximate surface area is 118 Å². The Bertz CT molecular complexity index is 544. The maximum absolute atomic E-state index is 12.1. The van der Waals surface area contributed by atoms with Crippen molar-refractivity contribution in [1.82, 2.24) is 25.1 Å². The van der Waals surface area contributed by atoms with E-state index in [9.17, 15) is 4.79 Å². The average Bonchev–Trinajstić information content (AvgIpc) is 3.11. The number of aromatic nitrogens is 4. The average molecular weight is 275 g/mol. The molecule has 0 aliphatic heterocycles. The molecule has 1 amide bonds. The minimum atomic E-state index is -0.0569. The van der Waals surface area contributed by atoms with Gasteiger partial charge in [0.15, 0.2) is 0 Å². The summed E-state index contributed by atoms with van der Waals surface area (Å²) >= 11 is 0. The highest BCUT2D eigenvalue weighted by Crippen LogP contribution is 2.05. The molecule has 0 aromatic carbocycles. The molecule has 0 aliphatic rings. The minimum Gasteiger partial charge on any atom is -0.351 e. The molecule has 2 N–H and O–H groups in total. The lowest BCUT2D eigenvalue weighted by Gasteiger charge is -2.06. The number of aryl methyl sites for hydroxylation is 3. The summed E-state index contributed by atoms with van der Waals surface area (Å²) in [5.41, 5.74) is 1.59. The Balaban J connectivity index is 1.83. The summed E-state index contributed by atoms with van der Waals surface area (Å²) in [5.74, 6) is 0.893. The van der Waals surface area contributed by atoms with Gasteiger partial charge in [-0.3, -0.25) is 9.48 Å². The Kier molecular flexibility index (Phi) is 4.92. The molecule has 20 heavy (non-hydrogen) atoms. The molecule has 0 unspecified atom stereocenters. The highest BCUT2D eigenvalue weighted by atomic mass is 16.2. The van der Waals surface area contributed by atoms with E-state index in [1.54, 1.807) is 17.1 Å². The molecule has 0 atom stereocenters. The van der Waals surface area contributed by atoms with E-state index in [4.69, 9.17) is 0 Å². The first-order valence-corrected chi connectivity index (χ1v) is 7.07. The number of carbonyl (C=O) groups excluding carboxylic acids is 1. The number of carbonyl (C=O) groups is 1. The van der Waals surface area contributed by atoms with Crippen LogP contribution in [0.25, 0.3) is 0 Å². The summed E-state index contributed by atoms with van der Waals surface area (Å²) in [5, 5.41) is 7.31. The molecule has 2 aromatic heterocycles. The smallest absolute Gasteiger partial charge is 0.269 e. The minimum absolute atomic E-state index is 0.0569. The van der Waals surface area contributed by atoms with Crippen LogP contribution in [0.2, 0.25) is 0 Å². The van der Waals surface area contributed by atoms with Gasteiger partial charge >= 0.3 is 0 Å². The molecule has 0 saturated carbocycles. The topological polar surface area (TPSA) is 75.6 Å². The van der Waals surface area contributed by atoms with E-state index < -0.39 is 0 Å². The van der Waals surface area contributed by atoms with E-state index in [1.807, 2.05) is 19.9 Å². The third-order valence-electron chi connectivity index (χ3n) is 3.16. The second kappa shape index (κ2) is 6.88. The fourth-order valence-electron chi connectivity index (χ4n) is 2.05. The normalized spacial score (nSPS) is 10.7. The first-order valence-electron chi connectivity index (χ1n) is 7.07. The Morgan fingerprint density at radius 1 is 1.45 bits per heavy atom. The van der Waals surface area contributed by atoms with Crippen molar-refractivity contribution in [3.63, 3.8) is 0 Å². The van der Waals surface area contributed by atoms with Crippen LogP contribution in [-0.2, 0) is 19.4 Å². The SMILES string of the molecule is CCc1cc(C(=O)NCCCc2ncc[nH]2)n(CC)n1. The predicted octanol–water partition coefficient (Wildman–Crippen LogP) is 1.55. The Morgan fingerprint density at radius 2 is 2.30 bits per heavy atom. The lowest BCUT2D eigenvalue weighted by Crippen LogP contribution is -2.27. The number of nitrogens with zero attached hydrogens (tertiary/aromatic N) is 3. The van der Waals surface area contributed by atoms with Gasteiger partial charge in [-0.25, -0.2) is 4.98 Å². The van der Waals surface area contributed by atoms with Crippen molar-refractivity contribution in [3.8, 4) is 0 Å². The Morgan fingerprint density at radius 3 is 2.95 bits per heavy atom. The molecule has 2 aromatic rings. The second-order valence-electron chi connectivity index (χ2n) is 4.59. The van der Waals surface area contributed by atoms with Crippen molar-refractivity contribution < 1.29 is 4.79 Å². The fourth-order valence-corrected chi connectivity index (χ4v) is 2.05. The largest absolute Gasteiger partial charge is 0.351 e. The van der Waals surface area contributed by atoms with Crippen LogP contribution in [0.15, 0.2) is 18.5 Å². The first-order chi connectivity index (χ1) is 9.74. The van der Waals surface area contributed by atoms with Crippen molar-refractivity contribution >= 4 is 5.91 Å². The summed E-state index contributed by atoms with van der Waals surface area (Å²) < 4.78 is 1.75. The number of H-pyrrole nitrogens is 1. The predicted molar refractivity (Wildman–Crippen MR) is 76.5 cm³/mol. The van der Waals surface area contributed by atoms with Crippen molar-refractivity contribution in [1.29, 1.82) is 0 Å². The molecular formula is C14H21N5O. The van der Waals surface area contributed by atoms with Crippen LogP contribution in [0.4, 0.5) is 0 Å². The van der Waals surface area contributed by atoms with Crippen LogP contribution in [0.3, 0.4) is 0 Å². The zero-order valence-corrected chi connectivity index (χ0v) is 12.0. The molecule has 108 valence electrons. The van der Waals surface area contributed by atoms with Gasteiger partial charge in [0.05, 0.1) is 5.69 Å². The van der Waals surface area contributed by atoms with Gasteiger partial charge in [-0.2, -0.15) is 5.10 Å². The molecule has 0 saturated heterocycles. The molecule has 2 heterocycles. The third-order valence-corrected chi connectivity index (χ3v) is 3.16. The van der Waals surface area contributed by atoms with Crippen LogP contribution < -0.4 is 5.32 Å². The molecule has 0 spiro atoms. The van der Waals surface area contributed by atoms with Crippen LogP contribution in [-0.4, -0.2) is 32.2 Å². The van der Waals surface area contributed by atoms with Crippen molar-refractivity contribution in [2.45, 2.75) is 39.7 Å². The van der Waals surface area contributed by atoms with Crippen LogP contribution in [0.1, 0.15) is 42.3 Å².